The summed E-state index contributed by atoms with van der Waals surface area (Å²) in [5.74, 6) is 0.940. The first-order chi connectivity index (χ1) is 18.8. The maximum absolute atomic E-state index is 13.4. The van der Waals surface area contributed by atoms with Gasteiger partial charge in [0.05, 0.1) is 38.4 Å². The molecule has 39 heavy (non-hydrogen) atoms. The number of carbonyl (C=O) groups excluding carboxylic acids is 1. The number of sulfonamides is 1. The summed E-state index contributed by atoms with van der Waals surface area (Å²) in [5, 5.41) is 6.19. The van der Waals surface area contributed by atoms with Crippen molar-refractivity contribution >= 4 is 21.6 Å². The van der Waals surface area contributed by atoms with Crippen LogP contribution in [0.3, 0.4) is 0 Å². The fourth-order valence-corrected chi connectivity index (χ4v) is 5.74. The van der Waals surface area contributed by atoms with Gasteiger partial charge >= 0.3 is 0 Å². The summed E-state index contributed by atoms with van der Waals surface area (Å²) in [6.07, 6.45) is 3.49. The third-order valence-corrected chi connectivity index (χ3v) is 8.25. The van der Waals surface area contributed by atoms with Crippen LogP contribution < -0.4 is 29.6 Å². The molecule has 1 amide bonds. The van der Waals surface area contributed by atoms with Crippen LogP contribution in [0.4, 0.5) is 5.69 Å². The Labute approximate surface area is 229 Å². The van der Waals surface area contributed by atoms with Crippen LogP contribution in [-0.2, 0) is 24.3 Å². The van der Waals surface area contributed by atoms with Crippen LogP contribution in [-0.4, -0.2) is 74.2 Å². The molecule has 0 aromatic heterocycles. The van der Waals surface area contributed by atoms with Gasteiger partial charge in [0, 0.05) is 32.0 Å². The van der Waals surface area contributed by atoms with Crippen molar-refractivity contribution in [1.29, 1.82) is 0 Å². The van der Waals surface area contributed by atoms with E-state index in [9.17, 15) is 13.2 Å². The van der Waals surface area contributed by atoms with Crippen molar-refractivity contribution < 1.29 is 36.9 Å². The van der Waals surface area contributed by atoms with Crippen molar-refractivity contribution in [2.45, 2.75) is 48.8 Å². The fraction of sp³-hybridized carbons (Fsp3) is 0.519. The first-order valence-corrected chi connectivity index (χ1v) is 14.5. The van der Waals surface area contributed by atoms with Gasteiger partial charge in [-0.05, 0) is 67.6 Å². The minimum absolute atomic E-state index is 0.0267. The molecule has 12 heteroatoms. The predicted octanol–water partition coefficient (Wildman–Crippen LogP) is 2.62. The number of carbonyl (C=O) groups is 1. The number of hydrogen-bond donors (Lipinski definition) is 3. The Balaban J connectivity index is 1.55. The second-order valence-corrected chi connectivity index (χ2v) is 11.2. The summed E-state index contributed by atoms with van der Waals surface area (Å²) in [5.41, 5.74) is 1.13. The molecule has 0 saturated carbocycles. The highest BCUT2D eigenvalue weighted by Gasteiger charge is 2.27. The molecule has 3 N–H and O–H groups in total. The number of methoxy groups -OCH3 is 3. The van der Waals surface area contributed by atoms with Gasteiger partial charge in [-0.25, -0.2) is 13.1 Å². The second kappa shape index (κ2) is 13.3. The van der Waals surface area contributed by atoms with E-state index in [0.29, 0.717) is 48.3 Å². The number of nitrogens with one attached hydrogen (secondary N) is 3. The molecule has 11 nitrogen and oxygen atoms in total. The van der Waals surface area contributed by atoms with Gasteiger partial charge in [-0.2, -0.15) is 0 Å². The van der Waals surface area contributed by atoms with Crippen molar-refractivity contribution in [3.63, 3.8) is 0 Å². The number of benzene rings is 2. The van der Waals surface area contributed by atoms with Gasteiger partial charge in [0.1, 0.15) is 6.04 Å². The van der Waals surface area contributed by atoms with E-state index in [1.54, 1.807) is 24.3 Å². The third-order valence-electron chi connectivity index (χ3n) is 6.81. The first kappa shape index (κ1) is 28.9. The predicted molar refractivity (Wildman–Crippen MR) is 145 cm³/mol. The van der Waals surface area contributed by atoms with Gasteiger partial charge in [0.25, 0.3) is 0 Å². The molecule has 0 aliphatic carbocycles. The van der Waals surface area contributed by atoms with Crippen molar-refractivity contribution in [1.82, 2.24) is 10.0 Å². The van der Waals surface area contributed by atoms with Crippen LogP contribution in [0, 0.1) is 0 Å². The summed E-state index contributed by atoms with van der Waals surface area (Å²) in [6.45, 7) is 1.96. The zero-order valence-corrected chi connectivity index (χ0v) is 23.3. The summed E-state index contributed by atoms with van der Waals surface area (Å²) in [6, 6.07) is 8.81. The molecular weight excluding hydrogens is 526 g/mol. The minimum Gasteiger partial charge on any atom is -0.493 e. The highest BCUT2D eigenvalue weighted by molar-refractivity contribution is 7.89. The molecule has 0 spiro atoms. The topological polar surface area (TPSA) is 133 Å². The standard InChI is InChI=1S/C27H37N3O8S/c1-34-23-14-18(15-24(35-2)26(23)36-3)25(27(31)28-16-20-6-4-12-37-20)30-19-8-10-22(11-9-19)39(32,33)29-17-21-7-5-13-38-21/h8-11,14-15,20-21,25,29-30H,4-7,12-13,16-17H2,1-3H3,(H,28,31)/t20-,21+,25-/m1/s1. The van der Waals surface area contributed by atoms with Gasteiger partial charge in [0.15, 0.2) is 11.5 Å². The normalized spacial score (nSPS) is 19.9. The maximum atomic E-state index is 13.4. The van der Waals surface area contributed by atoms with E-state index >= 15 is 0 Å². The number of anilines is 1. The molecule has 2 aliphatic heterocycles. The van der Waals surface area contributed by atoms with E-state index in [1.807, 2.05) is 0 Å². The Morgan fingerprint density at radius 2 is 1.51 bits per heavy atom. The van der Waals surface area contributed by atoms with E-state index in [2.05, 4.69) is 15.4 Å². The smallest absolute Gasteiger partial charge is 0.247 e. The van der Waals surface area contributed by atoms with E-state index in [4.69, 9.17) is 23.7 Å². The molecule has 3 atom stereocenters. The number of ether oxygens (including phenoxy) is 5. The third kappa shape index (κ3) is 7.33. The van der Waals surface area contributed by atoms with Gasteiger partial charge in [-0.1, -0.05) is 0 Å². The monoisotopic (exact) mass is 563 g/mol. The second-order valence-electron chi connectivity index (χ2n) is 9.43. The molecule has 0 unspecified atom stereocenters. The molecule has 2 saturated heterocycles. The average Bonchev–Trinajstić information content (AvgIpc) is 3.68. The van der Waals surface area contributed by atoms with Crippen LogP contribution >= 0.6 is 0 Å². The number of rotatable bonds is 13. The fourth-order valence-electron chi connectivity index (χ4n) is 4.68. The summed E-state index contributed by atoms with van der Waals surface area (Å²) in [7, 11) is 0.820. The van der Waals surface area contributed by atoms with Gasteiger partial charge < -0.3 is 34.3 Å². The lowest BCUT2D eigenvalue weighted by molar-refractivity contribution is -0.122. The SMILES string of the molecule is COc1cc([C@@H](Nc2ccc(S(=O)(=O)NC[C@@H]3CCCO3)cc2)C(=O)NC[C@H]2CCCO2)cc(OC)c1OC. The lowest BCUT2D eigenvalue weighted by atomic mass is 10.0. The lowest BCUT2D eigenvalue weighted by Gasteiger charge is -2.23. The average molecular weight is 564 g/mol. The molecule has 0 radical (unpaired) electrons. The number of hydrogen-bond acceptors (Lipinski definition) is 9. The summed E-state index contributed by atoms with van der Waals surface area (Å²) in [4.78, 5) is 13.6. The van der Waals surface area contributed by atoms with Gasteiger partial charge in [0.2, 0.25) is 21.7 Å². The molecule has 2 aromatic rings. The molecule has 2 heterocycles. The summed E-state index contributed by atoms with van der Waals surface area (Å²) < 4.78 is 55.7. The molecule has 2 fully saturated rings. The van der Waals surface area contributed by atoms with Gasteiger partial charge in [-0.15, -0.1) is 0 Å². The van der Waals surface area contributed by atoms with E-state index in [-0.39, 0.29) is 29.6 Å². The molecule has 4 rings (SSSR count). The maximum Gasteiger partial charge on any atom is 0.247 e. The Bertz CT molecular complexity index is 1190. The zero-order chi connectivity index (χ0) is 27.8. The molecule has 2 aliphatic rings. The van der Waals surface area contributed by atoms with Crippen LogP contribution in [0.5, 0.6) is 17.2 Å². The minimum atomic E-state index is -3.70. The largest absolute Gasteiger partial charge is 0.493 e. The molecule has 0 bridgehead atoms. The van der Waals surface area contributed by atoms with Crippen LogP contribution in [0.25, 0.3) is 0 Å². The first-order valence-electron chi connectivity index (χ1n) is 13.0. The molecular formula is C27H37N3O8S. The van der Waals surface area contributed by atoms with E-state index < -0.39 is 16.1 Å². The van der Waals surface area contributed by atoms with E-state index in [1.165, 1.54) is 33.5 Å². The van der Waals surface area contributed by atoms with Crippen molar-refractivity contribution in [2.24, 2.45) is 0 Å². The van der Waals surface area contributed by atoms with E-state index in [0.717, 1.165) is 25.7 Å². The molecule has 214 valence electrons. The zero-order valence-electron chi connectivity index (χ0n) is 22.5. The van der Waals surface area contributed by atoms with Crippen LogP contribution in [0.1, 0.15) is 37.3 Å². The Morgan fingerprint density at radius 1 is 0.923 bits per heavy atom. The Hall–Kier alpha value is -3.06. The van der Waals surface area contributed by atoms with Crippen molar-refractivity contribution in [3.05, 3.63) is 42.0 Å². The summed E-state index contributed by atoms with van der Waals surface area (Å²) >= 11 is 0. The van der Waals surface area contributed by atoms with Crippen molar-refractivity contribution in [3.8, 4) is 17.2 Å². The van der Waals surface area contributed by atoms with Crippen LogP contribution in [0.15, 0.2) is 41.3 Å². The Kier molecular flexibility index (Phi) is 9.89. The number of amides is 1. The highest BCUT2D eigenvalue weighted by atomic mass is 32.2. The molecule has 2 aromatic carbocycles. The van der Waals surface area contributed by atoms with Crippen molar-refractivity contribution in [2.75, 3.05) is 52.9 Å². The van der Waals surface area contributed by atoms with Crippen LogP contribution in [0.2, 0.25) is 0 Å². The van der Waals surface area contributed by atoms with Gasteiger partial charge in [-0.3, -0.25) is 4.79 Å². The quantitative estimate of drug-likeness (QED) is 0.336. The lowest BCUT2D eigenvalue weighted by Crippen LogP contribution is -2.38. The Morgan fingerprint density at radius 3 is 2.03 bits per heavy atom. The highest BCUT2D eigenvalue weighted by Crippen LogP contribution is 2.40.